The van der Waals surface area contributed by atoms with Crippen LogP contribution in [0.25, 0.3) is 5.57 Å². The van der Waals surface area contributed by atoms with Crippen LogP contribution in [0, 0.1) is 29.3 Å². The van der Waals surface area contributed by atoms with Crippen LogP contribution in [0.3, 0.4) is 0 Å². The quantitative estimate of drug-likeness (QED) is 0.295. The maximum absolute atomic E-state index is 14.9. The van der Waals surface area contributed by atoms with Crippen molar-refractivity contribution in [3.63, 3.8) is 0 Å². The molecule has 0 N–H and O–H groups in total. The fraction of sp³-hybridized carbons (Fsp3) is 0.467. The van der Waals surface area contributed by atoms with Crippen molar-refractivity contribution < 1.29 is 17.9 Å². The highest BCUT2D eigenvalue weighted by Gasteiger charge is 2.29. The fourth-order valence-corrected chi connectivity index (χ4v) is 5.77. The lowest BCUT2D eigenvalue weighted by atomic mass is 9.76. The number of halogens is 3. The maximum Gasteiger partial charge on any atom is 0.166 e. The van der Waals surface area contributed by atoms with Gasteiger partial charge in [0.25, 0.3) is 0 Å². The molecule has 1 aliphatic heterocycles. The zero-order valence-electron chi connectivity index (χ0n) is 19.7. The summed E-state index contributed by atoms with van der Waals surface area (Å²) >= 11 is 0. The predicted octanol–water partition coefficient (Wildman–Crippen LogP) is 8.45. The molecule has 0 bridgehead atoms. The average molecular weight is 467 g/mol. The number of benzene rings is 2. The molecular weight excluding hydrogens is 433 g/mol. The van der Waals surface area contributed by atoms with Gasteiger partial charge in [-0.1, -0.05) is 36.4 Å². The Morgan fingerprint density at radius 2 is 1.76 bits per heavy atom. The van der Waals surface area contributed by atoms with Gasteiger partial charge in [-0.15, -0.1) is 6.58 Å². The summed E-state index contributed by atoms with van der Waals surface area (Å²) in [6.45, 7) is 4.45. The summed E-state index contributed by atoms with van der Waals surface area (Å²) in [5.74, 6) is -0.244. The van der Waals surface area contributed by atoms with E-state index in [4.69, 9.17) is 4.74 Å². The number of hydrogen-bond donors (Lipinski definition) is 0. The van der Waals surface area contributed by atoms with Crippen LogP contribution < -0.4 is 0 Å². The Morgan fingerprint density at radius 1 is 0.971 bits per heavy atom. The summed E-state index contributed by atoms with van der Waals surface area (Å²) in [7, 11) is 0. The van der Waals surface area contributed by atoms with E-state index in [1.165, 1.54) is 0 Å². The molecule has 180 valence electrons. The molecule has 2 aromatic rings. The highest BCUT2D eigenvalue weighted by molar-refractivity contribution is 5.67. The van der Waals surface area contributed by atoms with Gasteiger partial charge in [0.1, 0.15) is 11.9 Å². The van der Waals surface area contributed by atoms with Gasteiger partial charge in [0.2, 0.25) is 0 Å². The van der Waals surface area contributed by atoms with Crippen LogP contribution >= 0.6 is 0 Å². The highest BCUT2D eigenvalue weighted by Crippen LogP contribution is 2.40. The largest absolute Gasteiger partial charge is 0.368 e. The number of aryl methyl sites for hydroxylation is 1. The minimum atomic E-state index is -0.702. The molecule has 3 aliphatic rings. The van der Waals surface area contributed by atoms with E-state index in [1.807, 2.05) is 24.3 Å². The van der Waals surface area contributed by atoms with Crippen LogP contribution in [-0.4, -0.2) is 6.61 Å². The van der Waals surface area contributed by atoms with Crippen molar-refractivity contribution in [1.82, 2.24) is 0 Å². The molecule has 0 aromatic heterocycles. The summed E-state index contributed by atoms with van der Waals surface area (Å²) in [5, 5.41) is 0. The molecule has 0 amide bonds. The van der Waals surface area contributed by atoms with Crippen LogP contribution in [0.1, 0.15) is 85.6 Å². The predicted molar refractivity (Wildman–Crippen MR) is 130 cm³/mol. The van der Waals surface area contributed by atoms with E-state index in [1.54, 1.807) is 18.2 Å². The molecule has 5 rings (SSSR count). The Balaban J connectivity index is 1.15. The first-order chi connectivity index (χ1) is 16.5. The number of allylic oxidation sites excluding steroid dienone is 3. The van der Waals surface area contributed by atoms with Crippen LogP contribution in [0.4, 0.5) is 13.2 Å². The summed E-state index contributed by atoms with van der Waals surface area (Å²) < 4.78 is 49.3. The molecule has 34 heavy (non-hydrogen) atoms. The van der Waals surface area contributed by atoms with Crippen molar-refractivity contribution in [2.24, 2.45) is 11.8 Å². The average Bonchev–Trinajstić information content (AvgIpc) is 3.71. The normalized spacial score (nSPS) is 26.7. The van der Waals surface area contributed by atoms with Gasteiger partial charge in [-0.2, -0.15) is 0 Å². The zero-order chi connectivity index (χ0) is 23.7. The van der Waals surface area contributed by atoms with E-state index in [9.17, 15) is 13.2 Å². The molecule has 2 fully saturated rings. The van der Waals surface area contributed by atoms with Crippen LogP contribution in [0.5, 0.6) is 0 Å². The fourth-order valence-electron chi connectivity index (χ4n) is 5.77. The molecule has 2 aromatic carbocycles. The topological polar surface area (TPSA) is 12.5 Å². The first-order valence-corrected chi connectivity index (χ1v) is 12.7. The standard InChI is InChI=1S/C30H33F3O/c1-2-19-3-10-22(11-4-19)25-15-13-23(29(32)30(25)33)12-7-20-5-8-21(9-6-20)24-14-16-26(27(31)17-24)28-18-34-28/h2,10,13-17,19-21,28H,1,3-9,11-12,18H2. The van der Waals surface area contributed by atoms with Crippen molar-refractivity contribution in [2.75, 3.05) is 6.61 Å². The third kappa shape index (κ3) is 5.02. The van der Waals surface area contributed by atoms with Gasteiger partial charge in [0, 0.05) is 11.1 Å². The molecule has 1 heterocycles. The third-order valence-electron chi connectivity index (χ3n) is 8.14. The second-order valence-corrected chi connectivity index (χ2v) is 10.3. The van der Waals surface area contributed by atoms with E-state index < -0.39 is 11.6 Å². The lowest BCUT2D eigenvalue weighted by molar-refractivity contribution is 0.308. The van der Waals surface area contributed by atoms with Gasteiger partial charge in [-0.25, -0.2) is 13.2 Å². The van der Waals surface area contributed by atoms with E-state index in [2.05, 4.69) is 6.58 Å². The Hall–Kier alpha value is -2.33. The monoisotopic (exact) mass is 466 g/mol. The van der Waals surface area contributed by atoms with Gasteiger partial charge < -0.3 is 4.74 Å². The van der Waals surface area contributed by atoms with Gasteiger partial charge >= 0.3 is 0 Å². The number of epoxide rings is 1. The van der Waals surface area contributed by atoms with Gasteiger partial charge in [-0.05, 0) is 98.3 Å². The molecule has 4 heteroatoms. The van der Waals surface area contributed by atoms with E-state index >= 15 is 0 Å². The zero-order valence-corrected chi connectivity index (χ0v) is 19.7. The second-order valence-electron chi connectivity index (χ2n) is 10.3. The number of hydrogen-bond acceptors (Lipinski definition) is 1. The Kier molecular flexibility index (Phi) is 6.96. The SMILES string of the molecule is C=CC1CC=C(c2ccc(CCC3CCC(c4ccc(C5CO5)c(F)c4)CC3)c(F)c2F)CC1. The third-order valence-corrected chi connectivity index (χ3v) is 8.14. The van der Waals surface area contributed by atoms with Crippen LogP contribution in [0.15, 0.2) is 49.1 Å². The Labute approximate surface area is 200 Å². The summed E-state index contributed by atoms with van der Waals surface area (Å²) in [4.78, 5) is 0. The molecule has 2 unspecified atom stereocenters. The molecule has 1 saturated carbocycles. The van der Waals surface area contributed by atoms with E-state index in [0.29, 0.717) is 47.5 Å². The van der Waals surface area contributed by atoms with Gasteiger partial charge in [0.05, 0.1) is 6.61 Å². The first kappa shape index (κ1) is 23.4. The van der Waals surface area contributed by atoms with Crippen molar-refractivity contribution in [3.8, 4) is 0 Å². The minimum Gasteiger partial charge on any atom is -0.368 e. The summed E-state index contributed by atoms with van der Waals surface area (Å²) in [5.41, 5.74) is 3.53. The summed E-state index contributed by atoms with van der Waals surface area (Å²) in [6, 6.07) is 9.13. The van der Waals surface area contributed by atoms with Crippen molar-refractivity contribution >= 4 is 5.57 Å². The van der Waals surface area contributed by atoms with E-state index in [0.717, 1.165) is 62.5 Å². The van der Waals surface area contributed by atoms with Crippen molar-refractivity contribution in [1.29, 1.82) is 0 Å². The maximum atomic E-state index is 14.9. The Morgan fingerprint density at radius 3 is 2.41 bits per heavy atom. The molecule has 1 saturated heterocycles. The first-order valence-electron chi connectivity index (χ1n) is 12.7. The summed E-state index contributed by atoms with van der Waals surface area (Å²) in [6.07, 6.45) is 12.0. The molecule has 0 radical (unpaired) electrons. The van der Waals surface area contributed by atoms with Gasteiger partial charge in [-0.3, -0.25) is 0 Å². The Bertz CT molecular complexity index is 1080. The number of ether oxygens (including phenoxy) is 1. The van der Waals surface area contributed by atoms with Crippen molar-refractivity contribution in [2.45, 2.75) is 69.8 Å². The van der Waals surface area contributed by atoms with Crippen LogP contribution in [-0.2, 0) is 11.2 Å². The number of rotatable bonds is 7. The molecule has 1 nitrogen and oxygen atoms in total. The molecular formula is C30H33F3O. The minimum absolute atomic E-state index is 0.0620. The second kappa shape index (κ2) is 10.1. The smallest absolute Gasteiger partial charge is 0.166 e. The lowest BCUT2D eigenvalue weighted by Gasteiger charge is -2.29. The lowest BCUT2D eigenvalue weighted by Crippen LogP contribution is -2.15. The highest BCUT2D eigenvalue weighted by atomic mass is 19.2. The van der Waals surface area contributed by atoms with Crippen molar-refractivity contribution in [3.05, 3.63) is 88.8 Å². The van der Waals surface area contributed by atoms with E-state index in [-0.39, 0.29) is 11.9 Å². The van der Waals surface area contributed by atoms with Gasteiger partial charge in [0.15, 0.2) is 11.6 Å². The molecule has 0 spiro atoms. The van der Waals surface area contributed by atoms with Crippen LogP contribution in [0.2, 0.25) is 0 Å². The molecule has 2 aliphatic carbocycles. The molecule has 2 atom stereocenters.